The van der Waals surface area contributed by atoms with Crippen molar-refractivity contribution in [2.75, 3.05) is 6.54 Å². The van der Waals surface area contributed by atoms with Crippen molar-refractivity contribution >= 4 is 16.9 Å². The molecule has 2 aromatic carbocycles. The summed E-state index contributed by atoms with van der Waals surface area (Å²) in [7, 11) is 0. The van der Waals surface area contributed by atoms with Gasteiger partial charge in [-0.1, -0.05) is 55.5 Å². The fourth-order valence-electron chi connectivity index (χ4n) is 3.53. The van der Waals surface area contributed by atoms with E-state index in [0.717, 1.165) is 56.4 Å². The molecule has 1 amide bonds. The molecule has 3 rings (SSSR count). The van der Waals surface area contributed by atoms with Crippen LogP contribution in [0.15, 0.2) is 59.0 Å². The van der Waals surface area contributed by atoms with E-state index in [-0.39, 0.29) is 5.91 Å². The minimum Gasteiger partial charge on any atom is -0.461 e. The molecule has 0 spiro atoms. The second kappa shape index (κ2) is 9.96. The molecule has 0 bridgehead atoms. The number of aryl methyl sites for hydroxylation is 3. The molecule has 1 aromatic heterocycles. The Kier molecular flexibility index (Phi) is 7.09. The van der Waals surface area contributed by atoms with Crippen molar-refractivity contribution in [1.82, 2.24) is 5.32 Å². The number of nitrogens with one attached hydrogen (secondary N) is 1. The summed E-state index contributed by atoms with van der Waals surface area (Å²) in [5.41, 5.74) is 3.65. The SMILES string of the molecule is CCCC(=O)NCCCc1c(CCCc2ccccc2)oc2ccccc12. The molecule has 0 fully saturated rings. The van der Waals surface area contributed by atoms with Gasteiger partial charge in [-0.05, 0) is 43.7 Å². The number of hydrogen-bond donors (Lipinski definition) is 1. The van der Waals surface area contributed by atoms with E-state index < -0.39 is 0 Å². The maximum atomic E-state index is 11.6. The second-order valence-corrected chi connectivity index (χ2v) is 7.04. The number of benzene rings is 2. The Morgan fingerprint density at radius 1 is 0.926 bits per heavy atom. The number of para-hydroxylation sites is 1. The van der Waals surface area contributed by atoms with Crippen LogP contribution in [0, 0.1) is 0 Å². The van der Waals surface area contributed by atoms with E-state index in [0.29, 0.717) is 6.42 Å². The van der Waals surface area contributed by atoms with Crippen LogP contribution in [0.2, 0.25) is 0 Å². The standard InChI is InChI=1S/C24H29NO2/c1-2-10-24(26)25-18-9-15-21-20-14-6-7-16-22(20)27-23(21)17-8-13-19-11-4-3-5-12-19/h3-7,11-12,14,16H,2,8-10,13,15,17-18H2,1H3,(H,25,26). The minimum absolute atomic E-state index is 0.151. The number of hydrogen-bond acceptors (Lipinski definition) is 2. The summed E-state index contributed by atoms with van der Waals surface area (Å²) in [6.07, 6.45) is 6.45. The molecule has 1 N–H and O–H groups in total. The fourth-order valence-corrected chi connectivity index (χ4v) is 3.53. The highest BCUT2D eigenvalue weighted by atomic mass is 16.3. The van der Waals surface area contributed by atoms with Crippen molar-refractivity contribution in [2.45, 2.75) is 51.9 Å². The van der Waals surface area contributed by atoms with Crippen LogP contribution in [-0.2, 0) is 24.1 Å². The van der Waals surface area contributed by atoms with Crippen LogP contribution in [-0.4, -0.2) is 12.5 Å². The van der Waals surface area contributed by atoms with E-state index in [1.165, 1.54) is 16.5 Å². The summed E-state index contributed by atoms with van der Waals surface area (Å²) in [5, 5.41) is 4.22. The number of rotatable bonds is 10. The quantitative estimate of drug-likeness (QED) is 0.486. The molecule has 3 nitrogen and oxygen atoms in total. The molecular weight excluding hydrogens is 334 g/mol. The Bertz CT molecular complexity index is 851. The molecule has 0 radical (unpaired) electrons. The van der Waals surface area contributed by atoms with Crippen LogP contribution >= 0.6 is 0 Å². The highest BCUT2D eigenvalue weighted by Gasteiger charge is 2.13. The molecule has 0 atom stereocenters. The largest absolute Gasteiger partial charge is 0.461 e. The zero-order valence-corrected chi connectivity index (χ0v) is 16.2. The van der Waals surface area contributed by atoms with Gasteiger partial charge < -0.3 is 9.73 Å². The predicted molar refractivity (Wildman–Crippen MR) is 111 cm³/mol. The predicted octanol–water partition coefficient (Wildman–Crippen LogP) is 5.46. The van der Waals surface area contributed by atoms with Gasteiger partial charge in [-0.3, -0.25) is 4.79 Å². The molecule has 1 heterocycles. The lowest BCUT2D eigenvalue weighted by molar-refractivity contribution is -0.121. The molecule has 0 aliphatic carbocycles. The van der Waals surface area contributed by atoms with Crippen molar-refractivity contribution in [3.05, 3.63) is 71.5 Å². The van der Waals surface area contributed by atoms with Crippen molar-refractivity contribution in [3.8, 4) is 0 Å². The molecule has 0 unspecified atom stereocenters. The number of fused-ring (bicyclic) bond motifs is 1. The summed E-state index contributed by atoms with van der Waals surface area (Å²) in [6.45, 7) is 2.75. The average molecular weight is 364 g/mol. The molecule has 3 aromatic rings. The van der Waals surface area contributed by atoms with Gasteiger partial charge in [0.1, 0.15) is 11.3 Å². The third-order valence-corrected chi connectivity index (χ3v) is 4.90. The highest BCUT2D eigenvalue weighted by molar-refractivity contribution is 5.82. The van der Waals surface area contributed by atoms with E-state index in [4.69, 9.17) is 4.42 Å². The maximum absolute atomic E-state index is 11.6. The molecular formula is C24H29NO2. The van der Waals surface area contributed by atoms with E-state index in [2.05, 4.69) is 47.8 Å². The van der Waals surface area contributed by atoms with E-state index in [1.807, 2.05) is 19.1 Å². The lowest BCUT2D eigenvalue weighted by atomic mass is 10.0. The molecule has 0 aliphatic rings. The summed E-state index contributed by atoms with van der Waals surface area (Å²) in [6, 6.07) is 18.9. The van der Waals surface area contributed by atoms with Gasteiger partial charge in [0, 0.05) is 30.3 Å². The van der Waals surface area contributed by atoms with Crippen LogP contribution in [0.1, 0.15) is 49.5 Å². The Morgan fingerprint density at radius 3 is 2.52 bits per heavy atom. The first-order valence-corrected chi connectivity index (χ1v) is 10.1. The fraction of sp³-hybridized carbons (Fsp3) is 0.375. The molecule has 142 valence electrons. The number of carbonyl (C=O) groups excluding carboxylic acids is 1. The number of amides is 1. The smallest absolute Gasteiger partial charge is 0.219 e. The Labute approximate surface area is 161 Å². The van der Waals surface area contributed by atoms with Gasteiger partial charge in [0.05, 0.1) is 0 Å². The van der Waals surface area contributed by atoms with Crippen LogP contribution < -0.4 is 5.32 Å². The van der Waals surface area contributed by atoms with Crippen molar-refractivity contribution in [2.24, 2.45) is 0 Å². The minimum atomic E-state index is 0.151. The summed E-state index contributed by atoms with van der Waals surface area (Å²) >= 11 is 0. The van der Waals surface area contributed by atoms with E-state index in [9.17, 15) is 4.79 Å². The van der Waals surface area contributed by atoms with Crippen LogP contribution in [0.25, 0.3) is 11.0 Å². The Hall–Kier alpha value is -2.55. The summed E-state index contributed by atoms with van der Waals surface area (Å²) in [4.78, 5) is 11.6. The lowest BCUT2D eigenvalue weighted by Crippen LogP contribution is -2.24. The van der Waals surface area contributed by atoms with Gasteiger partial charge in [-0.25, -0.2) is 0 Å². The van der Waals surface area contributed by atoms with Gasteiger partial charge >= 0.3 is 0 Å². The zero-order valence-electron chi connectivity index (χ0n) is 16.2. The zero-order chi connectivity index (χ0) is 18.9. The van der Waals surface area contributed by atoms with Gasteiger partial charge in [0.2, 0.25) is 5.91 Å². The maximum Gasteiger partial charge on any atom is 0.219 e. The molecule has 0 saturated carbocycles. The first kappa shape index (κ1) is 19.2. The highest BCUT2D eigenvalue weighted by Crippen LogP contribution is 2.28. The van der Waals surface area contributed by atoms with Gasteiger partial charge in [0.25, 0.3) is 0 Å². The molecule has 0 aliphatic heterocycles. The molecule has 3 heteroatoms. The van der Waals surface area contributed by atoms with Crippen molar-refractivity contribution < 1.29 is 9.21 Å². The topological polar surface area (TPSA) is 42.2 Å². The van der Waals surface area contributed by atoms with Gasteiger partial charge in [-0.15, -0.1) is 0 Å². The first-order chi connectivity index (χ1) is 13.3. The Morgan fingerprint density at radius 2 is 1.70 bits per heavy atom. The van der Waals surface area contributed by atoms with Gasteiger partial charge in [-0.2, -0.15) is 0 Å². The van der Waals surface area contributed by atoms with Crippen LogP contribution in [0.5, 0.6) is 0 Å². The summed E-state index contributed by atoms with van der Waals surface area (Å²) < 4.78 is 6.17. The van der Waals surface area contributed by atoms with Crippen molar-refractivity contribution in [3.63, 3.8) is 0 Å². The average Bonchev–Trinajstić information content (AvgIpc) is 3.04. The third-order valence-electron chi connectivity index (χ3n) is 4.90. The molecule has 27 heavy (non-hydrogen) atoms. The number of carbonyl (C=O) groups is 1. The first-order valence-electron chi connectivity index (χ1n) is 10.1. The van der Waals surface area contributed by atoms with Crippen LogP contribution in [0.3, 0.4) is 0 Å². The van der Waals surface area contributed by atoms with E-state index in [1.54, 1.807) is 0 Å². The molecule has 0 saturated heterocycles. The monoisotopic (exact) mass is 363 g/mol. The summed E-state index contributed by atoms with van der Waals surface area (Å²) in [5.74, 6) is 1.25. The second-order valence-electron chi connectivity index (χ2n) is 7.04. The Balaban J connectivity index is 1.61. The van der Waals surface area contributed by atoms with Gasteiger partial charge in [0.15, 0.2) is 0 Å². The van der Waals surface area contributed by atoms with E-state index >= 15 is 0 Å². The van der Waals surface area contributed by atoms with Crippen molar-refractivity contribution in [1.29, 1.82) is 0 Å². The normalized spacial score (nSPS) is 11.0. The third kappa shape index (κ3) is 5.46. The lowest BCUT2D eigenvalue weighted by Gasteiger charge is -2.06. The number of furan rings is 1. The van der Waals surface area contributed by atoms with Crippen LogP contribution in [0.4, 0.5) is 0 Å².